The lowest BCUT2D eigenvalue weighted by Crippen LogP contribution is -2.48. The molecule has 1 aliphatic rings. The Morgan fingerprint density at radius 3 is 2.22 bits per heavy atom. The van der Waals surface area contributed by atoms with E-state index in [0.29, 0.717) is 12.0 Å². The number of rotatable bonds is 6. The van der Waals surface area contributed by atoms with E-state index in [0.717, 1.165) is 38.3 Å². The maximum Gasteiger partial charge on any atom is 0.223 e. The van der Waals surface area contributed by atoms with E-state index < -0.39 is 0 Å². The molecule has 1 saturated heterocycles. The van der Waals surface area contributed by atoms with Crippen LogP contribution in [0.5, 0.6) is 0 Å². The van der Waals surface area contributed by atoms with Crippen LogP contribution in [-0.4, -0.2) is 47.7 Å². The highest BCUT2D eigenvalue weighted by atomic mass is 16.2. The lowest BCUT2D eigenvalue weighted by atomic mass is 10.0. The standard InChI is InChI=1S/C23H28N2O2/c1-18-6-8-21(9-7-18)22(26)10-11-23(27)25-14-12-24(13-15-25)17-20-5-3-4-19(2)16-20/h3-9,16H,10-15,17H2,1-2H3. The molecule has 2 aromatic rings. The summed E-state index contributed by atoms with van der Waals surface area (Å²) < 4.78 is 0. The van der Waals surface area contributed by atoms with E-state index in [1.807, 2.05) is 36.1 Å². The van der Waals surface area contributed by atoms with Gasteiger partial charge in [0.1, 0.15) is 0 Å². The van der Waals surface area contributed by atoms with Gasteiger partial charge in [0.05, 0.1) is 0 Å². The van der Waals surface area contributed by atoms with Crippen LogP contribution >= 0.6 is 0 Å². The van der Waals surface area contributed by atoms with E-state index >= 15 is 0 Å². The van der Waals surface area contributed by atoms with E-state index in [9.17, 15) is 9.59 Å². The Bertz CT molecular complexity index is 790. The van der Waals surface area contributed by atoms with Crippen molar-refractivity contribution in [3.05, 3.63) is 70.8 Å². The van der Waals surface area contributed by atoms with Gasteiger partial charge in [-0.15, -0.1) is 0 Å². The van der Waals surface area contributed by atoms with Gasteiger partial charge in [0.2, 0.25) is 5.91 Å². The van der Waals surface area contributed by atoms with Gasteiger partial charge in [-0.05, 0) is 19.4 Å². The van der Waals surface area contributed by atoms with Crippen molar-refractivity contribution < 1.29 is 9.59 Å². The zero-order valence-electron chi connectivity index (χ0n) is 16.3. The van der Waals surface area contributed by atoms with Crippen LogP contribution in [0.25, 0.3) is 0 Å². The predicted octanol–water partition coefficient (Wildman–Crippen LogP) is 3.61. The molecular weight excluding hydrogens is 336 g/mol. The summed E-state index contributed by atoms with van der Waals surface area (Å²) in [5.41, 5.74) is 4.42. The molecule has 4 nitrogen and oxygen atoms in total. The van der Waals surface area contributed by atoms with Gasteiger partial charge in [-0.25, -0.2) is 0 Å². The molecule has 0 bridgehead atoms. The SMILES string of the molecule is Cc1ccc(C(=O)CCC(=O)N2CCN(Cc3cccc(C)c3)CC2)cc1. The van der Waals surface area contributed by atoms with Crippen LogP contribution in [0.2, 0.25) is 0 Å². The van der Waals surface area contributed by atoms with Crippen molar-refractivity contribution in [3.63, 3.8) is 0 Å². The number of carbonyl (C=O) groups excluding carboxylic acids is 2. The molecule has 1 aliphatic heterocycles. The Balaban J connectivity index is 1.43. The molecule has 0 unspecified atom stereocenters. The average Bonchev–Trinajstić information content (AvgIpc) is 2.67. The Morgan fingerprint density at radius 2 is 1.56 bits per heavy atom. The van der Waals surface area contributed by atoms with Crippen LogP contribution in [0.4, 0.5) is 0 Å². The largest absolute Gasteiger partial charge is 0.340 e. The molecule has 142 valence electrons. The predicted molar refractivity (Wildman–Crippen MR) is 108 cm³/mol. The summed E-state index contributed by atoms with van der Waals surface area (Å²) in [4.78, 5) is 29.0. The maximum absolute atomic E-state index is 12.5. The molecule has 0 atom stereocenters. The number of hydrogen-bond donors (Lipinski definition) is 0. The second-order valence-corrected chi connectivity index (χ2v) is 7.44. The summed E-state index contributed by atoms with van der Waals surface area (Å²) in [5.74, 6) is 0.132. The molecule has 27 heavy (non-hydrogen) atoms. The minimum absolute atomic E-state index is 0.0430. The third-order valence-corrected chi connectivity index (χ3v) is 5.15. The number of amides is 1. The summed E-state index contributed by atoms with van der Waals surface area (Å²) in [5, 5.41) is 0. The number of Topliss-reactive ketones (excluding diaryl/α,β-unsaturated/α-hetero) is 1. The minimum Gasteiger partial charge on any atom is -0.340 e. The highest BCUT2D eigenvalue weighted by molar-refractivity contribution is 5.97. The molecule has 2 aromatic carbocycles. The molecule has 0 radical (unpaired) electrons. The zero-order valence-corrected chi connectivity index (χ0v) is 16.3. The molecule has 4 heteroatoms. The van der Waals surface area contributed by atoms with Crippen LogP contribution in [0, 0.1) is 13.8 Å². The second-order valence-electron chi connectivity index (χ2n) is 7.44. The molecule has 3 rings (SSSR count). The van der Waals surface area contributed by atoms with Crippen molar-refractivity contribution in [2.45, 2.75) is 33.2 Å². The summed E-state index contributed by atoms with van der Waals surface area (Å²) >= 11 is 0. The van der Waals surface area contributed by atoms with Crippen LogP contribution < -0.4 is 0 Å². The first-order chi connectivity index (χ1) is 13.0. The third-order valence-electron chi connectivity index (χ3n) is 5.15. The van der Waals surface area contributed by atoms with E-state index in [1.165, 1.54) is 11.1 Å². The second kappa shape index (κ2) is 8.96. The Kier molecular flexibility index (Phi) is 6.40. The van der Waals surface area contributed by atoms with Crippen LogP contribution in [0.15, 0.2) is 48.5 Å². The summed E-state index contributed by atoms with van der Waals surface area (Å²) in [6.07, 6.45) is 0.579. The first-order valence-corrected chi connectivity index (χ1v) is 9.67. The molecule has 0 saturated carbocycles. The first-order valence-electron chi connectivity index (χ1n) is 9.67. The Labute approximate surface area is 161 Å². The average molecular weight is 364 g/mol. The quantitative estimate of drug-likeness (QED) is 0.735. The maximum atomic E-state index is 12.5. The van der Waals surface area contributed by atoms with E-state index in [-0.39, 0.29) is 18.1 Å². The fourth-order valence-electron chi connectivity index (χ4n) is 3.49. The van der Waals surface area contributed by atoms with Crippen molar-refractivity contribution in [1.29, 1.82) is 0 Å². The number of nitrogens with zero attached hydrogens (tertiary/aromatic N) is 2. The van der Waals surface area contributed by atoms with Gasteiger partial charge >= 0.3 is 0 Å². The van der Waals surface area contributed by atoms with E-state index in [1.54, 1.807) is 0 Å². The number of benzene rings is 2. The van der Waals surface area contributed by atoms with Crippen molar-refractivity contribution in [1.82, 2.24) is 9.80 Å². The lowest BCUT2D eigenvalue weighted by molar-refractivity contribution is -0.132. The molecule has 1 amide bonds. The lowest BCUT2D eigenvalue weighted by Gasteiger charge is -2.34. The molecule has 0 aromatic heterocycles. The van der Waals surface area contributed by atoms with E-state index in [4.69, 9.17) is 0 Å². The topological polar surface area (TPSA) is 40.6 Å². The number of aryl methyl sites for hydroxylation is 2. The monoisotopic (exact) mass is 364 g/mol. The van der Waals surface area contributed by atoms with Gasteiger partial charge in [-0.2, -0.15) is 0 Å². The zero-order chi connectivity index (χ0) is 19.2. The molecule has 0 aliphatic carbocycles. The van der Waals surface area contributed by atoms with Gasteiger partial charge in [0, 0.05) is 51.1 Å². The Morgan fingerprint density at radius 1 is 0.852 bits per heavy atom. The van der Waals surface area contributed by atoms with Crippen molar-refractivity contribution in [2.24, 2.45) is 0 Å². The van der Waals surface area contributed by atoms with Crippen LogP contribution in [0.1, 0.15) is 39.9 Å². The van der Waals surface area contributed by atoms with Crippen molar-refractivity contribution >= 4 is 11.7 Å². The Hall–Kier alpha value is -2.46. The third kappa shape index (κ3) is 5.51. The number of hydrogen-bond acceptors (Lipinski definition) is 3. The highest BCUT2D eigenvalue weighted by Gasteiger charge is 2.21. The van der Waals surface area contributed by atoms with Crippen molar-refractivity contribution in [3.8, 4) is 0 Å². The van der Waals surface area contributed by atoms with Gasteiger partial charge in [-0.3, -0.25) is 14.5 Å². The molecule has 1 fully saturated rings. The fraction of sp³-hybridized carbons (Fsp3) is 0.391. The van der Waals surface area contributed by atoms with Gasteiger partial charge in [0.15, 0.2) is 5.78 Å². The minimum atomic E-state index is 0.0430. The van der Waals surface area contributed by atoms with E-state index in [2.05, 4.69) is 36.1 Å². The van der Waals surface area contributed by atoms with Gasteiger partial charge < -0.3 is 4.90 Å². The summed E-state index contributed by atoms with van der Waals surface area (Å²) in [6.45, 7) is 8.27. The molecular formula is C23H28N2O2. The molecule has 0 spiro atoms. The van der Waals surface area contributed by atoms with Crippen LogP contribution in [0.3, 0.4) is 0 Å². The number of ketones is 1. The molecule has 1 heterocycles. The summed E-state index contributed by atoms with van der Waals surface area (Å²) in [6, 6.07) is 16.1. The fourth-order valence-corrected chi connectivity index (χ4v) is 3.49. The summed E-state index contributed by atoms with van der Waals surface area (Å²) in [7, 11) is 0. The first kappa shape index (κ1) is 19.3. The van der Waals surface area contributed by atoms with Crippen molar-refractivity contribution in [2.75, 3.05) is 26.2 Å². The number of piperazine rings is 1. The number of carbonyl (C=O) groups is 2. The molecule has 0 N–H and O–H groups in total. The normalized spacial score (nSPS) is 15.0. The van der Waals surface area contributed by atoms with Gasteiger partial charge in [-0.1, -0.05) is 59.7 Å². The van der Waals surface area contributed by atoms with Crippen LogP contribution in [-0.2, 0) is 11.3 Å². The van der Waals surface area contributed by atoms with Gasteiger partial charge in [0.25, 0.3) is 0 Å². The highest BCUT2D eigenvalue weighted by Crippen LogP contribution is 2.13. The smallest absolute Gasteiger partial charge is 0.223 e.